The minimum atomic E-state index is 0.335. The van der Waals surface area contributed by atoms with Gasteiger partial charge in [-0.1, -0.05) is 40.5 Å². The van der Waals surface area contributed by atoms with Gasteiger partial charge in [0, 0.05) is 12.3 Å². The molecule has 0 heterocycles. The van der Waals surface area contributed by atoms with Crippen LogP contribution in [0.25, 0.3) is 0 Å². The van der Waals surface area contributed by atoms with Gasteiger partial charge in [0.1, 0.15) is 5.78 Å². The van der Waals surface area contributed by atoms with Crippen molar-refractivity contribution >= 4 is 5.78 Å². The molecule has 2 fully saturated rings. The average Bonchev–Trinajstić information content (AvgIpc) is 2.20. The summed E-state index contributed by atoms with van der Waals surface area (Å²) in [5.74, 6) is 2.90. The number of hydrogen-bond donors (Lipinski definition) is 0. The third kappa shape index (κ3) is 1.83. The van der Waals surface area contributed by atoms with E-state index in [0.717, 1.165) is 18.8 Å². The highest BCUT2D eigenvalue weighted by molar-refractivity contribution is 5.82. The van der Waals surface area contributed by atoms with Gasteiger partial charge >= 0.3 is 0 Å². The molecule has 0 radical (unpaired) electrons. The normalized spacial score (nSPS) is 44.6. The van der Waals surface area contributed by atoms with E-state index in [1.54, 1.807) is 0 Å². The van der Waals surface area contributed by atoms with Crippen LogP contribution in [0.3, 0.4) is 0 Å². The van der Waals surface area contributed by atoms with Crippen molar-refractivity contribution < 1.29 is 4.79 Å². The van der Waals surface area contributed by atoms with Gasteiger partial charge in [0.05, 0.1) is 0 Å². The number of ketones is 1. The van der Waals surface area contributed by atoms with Crippen molar-refractivity contribution in [1.29, 1.82) is 0 Å². The second kappa shape index (κ2) is 4.16. The zero-order valence-corrected chi connectivity index (χ0v) is 11.3. The molecular formula is C15H26O. The number of fused-ring (bicyclic) bond motifs is 1. The quantitative estimate of drug-likeness (QED) is 0.654. The summed E-state index contributed by atoms with van der Waals surface area (Å²) in [5.41, 5.74) is 0.446. The van der Waals surface area contributed by atoms with Gasteiger partial charge in [-0.25, -0.2) is 0 Å². The standard InChI is InChI=1S/C15H26O/c1-10(2)13-9-15(4)11(3)6-5-7-12(15)8-14(13)16/h10-13H,5-9H2,1-4H3/t11-,12-,13-,15+/m0/s1. The first-order chi connectivity index (χ1) is 7.45. The monoisotopic (exact) mass is 222 g/mol. The lowest BCUT2D eigenvalue weighted by atomic mass is 9.52. The van der Waals surface area contributed by atoms with E-state index in [9.17, 15) is 4.79 Å². The molecule has 92 valence electrons. The first-order valence-electron chi connectivity index (χ1n) is 6.98. The second-order valence-corrected chi connectivity index (χ2v) is 6.76. The first-order valence-corrected chi connectivity index (χ1v) is 6.98. The molecule has 0 aliphatic heterocycles. The summed E-state index contributed by atoms with van der Waals surface area (Å²) in [4.78, 5) is 12.1. The van der Waals surface area contributed by atoms with Crippen molar-refractivity contribution in [3.05, 3.63) is 0 Å². The Morgan fingerprint density at radius 2 is 2.00 bits per heavy atom. The molecule has 0 aromatic rings. The minimum absolute atomic E-state index is 0.335. The Kier molecular flexibility index (Phi) is 3.16. The molecule has 1 heteroatoms. The minimum Gasteiger partial charge on any atom is -0.299 e. The van der Waals surface area contributed by atoms with E-state index in [4.69, 9.17) is 0 Å². The molecule has 0 amide bonds. The fourth-order valence-electron chi connectivity index (χ4n) is 4.02. The van der Waals surface area contributed by atoms with Crippen LogP contribution in [0.4, 0.5) is 0 Å². The zero-order chi connectivity index (χ0) is 11.9. The van der Waals surface area contributed by atoms with Gasteiger partial charge in [-0.3, -0.25) is 4.79 Å². The van der Waals surface area contributed by atoms with Crippen LogP contribution in [0.5, 0.6) is 0 Å². The predicted molar refractivity (Wildman–Crippen MR) is 67.2 cm³/mol. The largest absolute Gasteiger partial charge is 0.299 e. The number of rotatable bonds is 1. The van der Waals surface area contributed by atoms with E-state index in [-0.39, 0.29) is 0 Å². The molecule has 2 saturated carbocycles. The maximum absolute atomic E-state index is 12.1. The highest BCUT2D eigenvalue weighted by atomic mass is 16.1. The van der Waals surface area contributed by atoms with Crippen molar-refractivity contribution in [2.45, 2.75) is 59.8 Å². The zero-order valence-electron chi connectivity index (χ0n) is 11.3. The van der Waals surface area contributed by atoms with E-state index in [2.05, 4.69) is 27.7 Å². The van der Waals surface area contributed by atoms with Crippen molar-refractivity contribution in [2.24, 2.45) is 29.1 Å². The van der Waals surface area contributed by atoms with Gasteiger partial charge in [0.25, 0.3) is 0 Å². The van der Waals surface area contributed by atoms with Crippen LogP contribution in [0.15, 0.2) is 0 Å². The van der Waals surface area contributed by atoms with Gasteiger partial charge in [-0.2, -0.15) is 0 Å². The topological polar surface area (TPSA) is 17.1 Å². The fourth-order valence-corrected chi connectivity index (χ4v) is 4.02. The van der Waals surface area contributed by atoms with Crippen molar-refractivity contribution in [3.63, 3.8) is 0 Å². The maximum atomic E-state index is 12.1. The molecule has 0 saturated heterocycles. The molecule has 1 nitrogen and oxygen atoms in total. The highest BCUT2D eigenvalue weighted by Gasteiger charge is 2.48. The van der Waals surface area contributed by atoms with Gasteiger partial charge < -0.3 is 0 Å². The molecule has 0 bridgehead atoms. The third-order valence-corrected chi connectivity index (χ3v) is 5.57. The summed E-state index contributed by atoms with van der Waals surface area (Å²) in [7, 11) is 0. The molecule has 2 aliphatic carbocycles. The van der Waals surface area contributed by atoms with E-state index in [0.29, 0.717) is 29.0 Å². The van der Waals surface area contributed by atoms with Crippen LogP contribution in [0, 0.1) is 29.1 Å². The SMILES string of the molecule is CC(C)[C@@H]1C[C@@]2(C)[C@@H](CCC[C@@H]2C)CC1=O. The van der Waals surface area contributed by atoms with Crippen LogP contribution in [0.2, 0.25) is 0 Å². The highest BCUT2D eigenvalue weighted by Crippen LogP contribution is 2.54. The van der Waals surface area contributed by atoms with Crippen LogP contribution < -0.4 is 0 Å². The van der Waals surface area contributed by atoms with Gasteiger partial charge in [-0.05, 0) is 36.0 Å². The Morgan fingerprint density at radius 1 is 1.31 bits per heavy atom. The molecule has 16 heavy (non-hydrogen) atoms. The summed E-state index contributed by atoms with van der Waals surface area (Å²) in [6.07, 6.45) is 6.00. The van der Waals surface area contributed by atoms with E-state index < -0.39 is 0 Å². The van der Waals surface area contributed by atoms with Crippen LogP contribution in [0.1, 0.15) is 59.8 Å². The van der Waals surface area contributed by atoms with Gasteiger partial charge in [0.15, 0.2) is 0 Å². The lowest BCUT2D eigenvalue weighted by Crippen LogP contribution is -2.47. The van der Waals surface area contributed by atoms with E-state index in [1.807, 2.05) is 0 Å². The van der Waals surface area contributed by atoms with E-state index in [1.165, 1.54) is 19.3 Å². The molecule has 2 rings (SSSR count). The number of hydrogen-bond acceptors (Lipinski definition) is 1. The van der Waals surface area contributed by atoms with Crippen molar-refractivity contribution in [1.82, 2.24) is 0 Å². The first kappa shape index (κ1) is 12.1. The molecule has 2 aliphatic rings. The number of Topliss-reactive ketones (excluding diaryl/α,β-unsaturated/α-hetero) is 1. The molecule has 0 spiro atoms. The Bertz CT molecular complexity index is 281. The molecule has 0 aromatic heterocycles. The summed E-state index contributed by atoms with van der Waals surface area (Å²) in [6, 6.07) is 0. The Hall–Kier alpha value is -0.330. The second-order valence-electron chi connectivity index (χ2n) is 6.76. The third-order valence-electron chi connectivity index (χ3n) is 5.57. The Labute approximate surface area is 100.0 Å². The number of carbonyl (C=O) groups is 1. The van der Waals surface area contributed by atoms with Gasteiger partial charge in [-0.15, -0.1) is 0 Å². The Balaban J connectivity index is 2.21. The average molecular weight is 222 g/mol. The molecule has 0 unspecified atom stereocenters. The summed E-state index contributed by atoms with van der Waals surface area (Å²) >= 11 is 0. The molecule has 4 atom stereocenters. The van der Waals surface area contributed by atoms with Crippen molar-refractivity contribution in [3.8, 4) is 0 Å². The Morgan fingerprint density at radius 3 is 2.62 bits per heavy atom. The lowest BCUT2D eigenvalue weighted by molar-refractivity contribution is -0.136. The van der Waals surface area contributed by atoms with Gasteiger partial charge in [0.2, 0.25) is 0 Å². The summed E-state index contributed by atoms with van der Waals surface area (Å²) in [6.45, 7) is 9.27. The van der Waals surface area contributed by atoms with Crippen LogP contribution in [-0.2, 0) is 4.79 Å². The number of carbonyl (C=O) groups excluding carboxylic acids is 1. The van der Waals surface area contributed by atoms with E-state index >= 15 is 0 Å². The molecular weight excluding hydrogens is 196 g/mol. The fraction of sp³-hybridized carbons (Fsp3) is 0.933. The summed E-state index contributed by atoms with van der Waals surface area (Å²) < 4.78 is 0. The molecule has 0 aromatic carbocycles. The van der Waals surface area contributed by atoms with Crippen molar-refractivity contribution in [2.75, 3.05) is 0 Å². The lowest BCUT2D eigenvalue weighted by Gasteiger charge is -2.51. The molecule has 0 N–H and O–H groups in total. The predicted octanol–water partition coefficient (Wildman–Crippen LogP) is 4.06. The smallest absolute Gasteiger partial charge is 0.136 e. The van der Waals surface area contributed by atoms with Crippen LogP contribution in [-0.4, -0.2) is 5.78 Å². The summed E-state index contributed by atoms with van der Waals surface area (Å²) in [5, 5.41) is 0. The maximum Gasteiger partial charge on any atom is 0.136 e. The van der Waals surface area contributed by atoms with Crippen LogP contribution >= 0.6 is 0 Å².